The van der Waals surface area contributed by atoms with Crippen LogP contribution in [0.4, 0.5) is 0 Å². The summed E-state index contributed by atoms with van der Waals surface area (Å²) >= 11 is 1.28. The first-order valence-corrected chi connectivity index (χ1v) is 3.45. The second-order valence-electron chi connectivity index (χ2n) is 0.726. The van der Waals surface area contributed by atoms with E-state index in [9.17, 15) is 0 Å². The third-order valence-corrected chi connectivity index (χ3v) is 0.927. The van der Waals surface area contributed by atoms with Gasteiger partial charge >= 0.3 is 49.6 Å². The van der Waals surface area contributed by atoms with Crippen LogP contribution in [0, 0.1) is 6.58 Å². The molecule has 0 fully saturated rings. The van der Waals surface area contributed by atoms with E-state index in [1.54, 1.807) is 6.08 Å². The van der Waals surface area contributed by atoms with Gasteiger partial charge in [-0.15, -0.1) is 0 Å². The maximum atomic E-state index is 5.00. The van der Waals surface area contributed by atoms with Gasteiger partial charge in [-0.25, -0.2) is 0 Å². The first-order chi connectivity index (χ1) is 2.91. The number of hydrogen-bond donors (Lipinski definition) is 0. The molecule has 0 aromatic heterocycles. The monoisotopic (exact) mass is 246 g/mol. The molecule has 0 saturated heterocycles. The summed E-state index contributed by atoms with van der Waals surface area (Å²) < 4.78 is 2.03. The standard InChI is InChI=1S/C5H5.Ta/c1-3-5-4-2;/h1-5H;/q-1;/b5-3-;. The second kappa shape index (κ2) is 5.09. The fourth-order valence-electron chi connectivity index (χ4n) is 0.114. The fraction of sp³-hybridized carbons (Fsp3) is 0. The van der Waals surface area contributed by atoms with Crippen LogP contribution >= 0.6 is 0 Å². The molecule has 0 unspecified atom stereocenters. The van der Waals surface area contributed by atoms with Crippen LogP contribution in [0.5, 0.6) is 0 Å². The molecule has 0 saturated carbocycles. The molecule has 31 valence electrons. The zero-order valence-electron chi connectivity index (χ0n) is 3.33. The van der Waals surface area contributed by atoms with Crippen molar-refractivity contribution in [3.05, 3.63) is 24.8 Å². The van der Waals surface area contributed by atoms with Crippen LogP contribution in [0.25, 0.3) is 0 Å². The molecule has 1 heteroatoms. The molecule has 0 rings (SSSR count). The summed E-state index contributed by atoms with van der Waals surface area (Å²) in [6, 6.07) is 0. The molecule has 0 nitrogen and oxygen atoms in total. The molecule has 0 aliphatic heterocycles. The summed E-state index contributed by atoms with van der Waals surface area (Å²) in [4.78, 5) is 0. The Morgan fingerprint density at radius 2 is 2.00 bits per heavy atom. The molecule has 0 N–H and O–H groups in total. The number of allylic oxidation sites excluding steroid dienone is 3. The SMILES string of the molecule is [CH-]=C/C=C\[CH]=[Ta]. The van der Waals surface area contributed by atoms with Gasteiger partial charge in [0.25, 0.3) is 0 Å². The van der Waals surface area contributed by atoms with Crippen molar-refractivity contribution in [2.24, 2.45) is 0 Å². The van der Waals surface area contributed by atoms with E-state index in [2.05, 4.69) is 0 Å². The molecule has 0 amide bonds. The summed E-state index contributed by atoms with van der Waals surface area (Å²) in [5.74, 6) is 0. The molecule has 0 bridgehead atoms. The molecular formula is C5H5Ta-. The van der Waals surface area contributed by atoms with Crippen LogP contribution in [-0.4, -0.2) is 4.23 Å². The minimum absolute atomic E-state index is 1.28. The number of hydrogen-bond acceptors (Lipinski definition) is 0. The van der Waals surface area contributed by atoms with E-state index in [1.165, 1.54) is 26.7 Å². The van der Waals surface area contributed by atoms with Crippen molar-refractivity contribution in [3.8, 4) is 0 Å². The zero-order valence-corrected chi connectivity index (χ0v) is 6.55. The van der Waals surface area contributed by atoms with Crippen LogP contribution < -0.4 is 0 Å². The van der Waals surface area contributed by atoms with Gasteiger partial charge in [0.05, 0.1) is 0 Å². The molecule has 0 aliphatic carbocycles. The number of rotatable bonds is 2. The van der Waals surface area contributed by atoms with E-state index < -0.39 is 0 Å². The Balaban J connectivity index is 3.17. The first-order valence-electron chi connectivity index (χ1n) is 1.59. The van der Waals surface area contributed by atoms with Crippen LogP contribution in [0.1, 0.15) is 0 Å². The predicted molar refractivity (Wildman–Crippen MR) is 24.1 cm³/mol. The van der Waals surface area contributed by atoms with Gasteiger partial charge in [-0.05, 0) is 0 Å². The van der Waals surface area contributed by atoms with Gasteiger partial charge in [0, 0.05) is 0 Å². The zero-order chi connectivity index (χ0) is 4.83. The quantitative estimate of drug-likeness (QED) is 0.501. The van der Waals surface area contributed by atoms with Gasteiger partial charge in [0.15, 0.2) is 0 Å². The van der Waals surface area contributed by atoms with Crippen LogP contribution in [0.2, 0.25) is 0 Å². The van der Waals surface area contributed by atoms with Gasteiger partial charge in [0.2, 0.25) is 0 Å². The first kappa shape index (κ1) is 6.09. The van der Waals surface area contributed by atoms with E-state index in [0.717, 1.165) is 0 Å². The Kier molecular flexibility index (Phi) is 5.17. The van der Waals surface area contributed by atoms with Crippen molar-refractivity contribution in [1.82, 2.24) is 0 Å². The van der Waals surface area contributed by atoms with Crippen molar-refractivity contribution in [2.75, 3.05) is 0 Å². The molecule has 0 radical (unpaired) electrons. The minimum atomic E-state index is 1.28. The molecule has 0 atom stereocenters. The topological polar surface area (TPSA) is 0 Å². The predicted octanol–water partition coefficient (Wildman–Crippen LogP) is 0.881. The molecule has 0 aromatic rings. The molecule has 6 heavy (non-hydrogen) atoms. The van der Waals surface area contributed by atoms with Crippen LogP contribution in [0.3, 0.4) is 0 Å². The van der Waals surface area contributed by atoms with Crippen molar-refractivity contribution in [2.45, 2.75) is 0 Å². The van der Waals surface area contributed by atoms with Crippen molar-refractivity contribution in [1.29, 1.82) is 0 Å². The summed E-state index contributed by atoms with van der Waals surface area (Å²) in [5, 5.41) is 0. The van der Waals surface area contributed by atoms with Gasteiger partial charge in [-0.1, -0.05) is 0 Å². The van der Waals surface area contributed by atoms with Crippen LogP contribution in [0.15, 0.2) is 18.2 Å². The van der Waals surface area contributed by atoms with E-state index in [-0.39, 0.29) is 0 Å². The van der Waals surface area contributed by atoms with Gasteiger partial charge in [0.1, 0.15) is 0 Å². The normalized spacial score (nSPS) is 8.50. The van der Waals surface area contributed by atoms with Crippen LogP contribution in [-0.2, 0) is 20.6 Å². The van der Waals surface area contributed by atoms with E-state index >= 15 is 0 Å². The Morgan fingerprint density at radius 1 is 1.33 bits per heavy atom. The van der Waals surface area contributed by atoms with Crippen molar-refractivity contribution < 1.29 is 20.6 Å². The summed E-state index contributed by atoms with van der Waals surface area (Å²) in [6.45, 7) is 5.00. The molecule has 0 aliphatic rings. The fourth-order valence-corrected chi connectivity index (χ4v) is 0.471. The second-order valence-corrected chi connectivity index (χ2v) is 1.80. The van der Waals surface area contributed by atoms with Gasteiger partial charge < -0.3 is 0 Å². The molecular weight excluding hydrogens is 241 g/mol. The van der Waals surface area contributed by atoms with E-state index in [1.807, 2.05) is 10.3 Å². The van der Waals surface area contributed by atoms with Crippen molar-refractivity contribution >= 4 is 4.23 Å². The summed E-state index contributed by atoms with van der Waals surface area (Å²) in [6.07, 6.45) is 5.25. The Morgan fingerprint density at radius 3 is 2.17 bits per heavy atom. The Labute approximate surface area is 50.0 Å². The maximum absolute atomic E-state index is 5.00. The Bertz CT molecular complexity index is 62.0. The molecule has 0 aromatic carbocycles. The Hall–Kier alpha value is 0.0903. The third-order valence-electron chi connectivity index (χ3n) is 0.308. The summed E-state index contributed by atoms with van der Waals surface area (Å²) in [5.41, 5.74) is 0. The van der Waals surface area contributed by atoms with Gasteiger partial charge in [-0.3, -0.25) is 0 Å². The van der Waals surface area contributed by atoms with E-state index in [4.69, 9.17) is 6.58 Å². The summed E-state index contributed by atoms with van der Waals surface area (Å²) in [7, 11) is 0. The third kappa shape index (κ3) is 4.09. The van der Waals surface area contributed by atoms with E-state index in [0.29, 0.717) is 0 Å². The van der Waals surface area contributed by atoms with Crippen molar-refractivity contribution in [3.63, 3.8) is 0 Å². The molecule has 0 spiro atoms. The average Bonchev–Trinajstić information content (AvgIpc) is 1.61. The average molecular weight is 246 g/mol. The van der Waals surface area contributed by atoms with Gasteiger partial charge in [-0.2, -0.15) is 0 Å². The molecule has 0 heterocycles.